The third-order valence-electron chi connectivity index (χ3n) is 6.22. The Morgan fingerprint density at radius 1 is 1.11 bits per heavy atom. The predicted octanol–water partition coefficient (Wildman–Crippen LogP) is 5.16. The lowest BCUT2D eigenvalue weighted by molar-refractivity contribution is -0.141. The van der Waals surface area contributed by atoms with Crippen molar-refractivity contribution in [3.8, 4) is 0 Å². The van der Waals surface area contributed by atoms with Gasteiger partial charge in [-0.05, 0) is 49.4 Å². The van der Waals surface area contributed by atoms with Crippen LogP contribution in [0.2, 0.25) is 0 Å². The molecule has 2 heterocycles. The maximum atomic E-state index is 14.3. The Bertz CT molecular complexity index is 1270. The Morgan fingerprint density at radius 2 is 1.74 bits per heavy atom. The molecule has 1 fully saturated rings. The number of piperidine rings is 1. The molecule has 0 bridgehead atoms. The normalized spacial score (nSPS) is 16.3. The second-order valence-corrected chi connectivity index (χ2v) is 10.8. The first-order valence-corrected chi connectivity index (χ1v) is 13.0. The quantitative estimate of drug-likeness (QED) is 0.449. The van der Waals surface area contributed by atoms with Crippen LogP contribution in [0.3, 0.4) is 0 Å². The summed E-state index contributed by atoms with van der Waals surface area (Å²) in [6.07, 6.45) is -3.12. The van der Waals surface area contributed by atoms with E-state index < -0.39 is 50.7 Å². The van der Waals surface area contributed by atoms with Crippen molar-refractivity contribution in [2.24, 2.45) is 5.92 Å². The molecule has 1 aliphatic heterocycles. The first-order valence-electron chi connectivity index (χ1n) is 11.5. The molecule has 15 heteroatoms. The van der Waals surface area contributed by atoms with Gasteiger partial charge in [-0.3, -0.25) is 9.52 Å². The zero-order chi connectivity index (χ0) is 28.5. The topological polar surface area (TPSA) is 91.4 Å². The van der Waals surface area contributed by atoms with Gasteiger partial charge in [0.15, 0.2) is 0 Å². The molecule has 1 amide bonds. The number of rotatable bonds is 7. The summed E-state index contributed by atoms with van der Waals surface area (Å²) in [7, 11) is -5.84. The van der Waals surface area contributed by atoms with E-state index >= 15 is 0 Å². The van der Waals surface area contributed by atoms with Gasteiger partial charge < -0.3 is 10.2 Å². The average molecular weight is 571 g/mol. The number of pyridine rings is 1. The lowest BCUT2D eigenvalue weighted by Gasteiger charge is -2.33. The highest BCUT2D eigenvalue weighted by Gasteiger charge is 2.46. The Hall–Kier alpha value is -3.10. The van der Waals surface area contributed by atoms with Crippen molar-refractivity contribution < 1.29 is 43.9 Å². The molecule has 210 valence electrons. The lowest BCUT2D eigenvalue weighted by atomic mass is 9.98. The smallest absolute Gasteiger partial charge is 0.356 e. The Morgan fingerprint density at radius 3 is 2.29 bits per heavy atom. The molecule has 1 aliphatic rings. The summed E-state index contributed by atoms with van der Waals surface area (Å²) in [6.45, 7) is 4.23. The molecular weight excluding hydrogens is 545 g/mol. The number of aromatic nitrogens is 1. The van der Waals surface area contributed by atoms with Gasteiger partial charge >= 0.3 is 21.7 Å². The number of nitrogens with one attached hydrogen (secondary N) is 2. The van der Waals surface area contributed by atoms with Gasteiger partial charge in [0.2, 0.25) is 5.91 Å². The van der Waals surface area contributed by atoms with Crippen LogP contribution in [0.25, 0.3) is 0 Å². The molecule has 1 atom stereocenters. The molecule has 1 saturated heterocycles. The molecule has 1 unspecified atom stereocenters. The molecule has 7 nitrogen and oxygen atoms in total. The minimum Gasteiger partial charge on any atom is -0.356 e. The summed E-state index contributed by atoms with van der Waals surface area (Å²) >= 11 is 0. The van der Waals surface area contributed by atoms with E-state index in [0.29, 0.717) is 24.6 Å². The van der Waals surface area contributed by atoms with E-state index in [1.165, 1.54) is 13.0 Å². The maximum Gasteiger partial charge on any atom is 0.516 e. The molecule has 0 aliphatic carbocycles. The molecule has 1 aromatic carbocycles. The standard InChI is InChI=1S/C23H25F7N4O3S/c1-13-7-9-34(10-8-13)20-16(4-6-19(32-20)22(25,26)27)12-31-21(35)14(2)15-3-5-18(17(24)11-15)33-38(36,37)23(28,29)30/h3-6,11,13-14,33H,7-10,12H2,1-2H3,(H,31,35). The van der Waals surface area contributed by atoms with Crippen molar-refractivity contribution in [1.82, 2.24) is 10.3 Å². The fourth-order valence-electron chi connectivity index (χ4n) is 3.84. The number of carbonyl (C=O) groups is 1. The predicted molar refractivity (Wildman–Crippen MR) is 125 cm³/mol. The van der Waals surface area contributed by atoms with Crippen molar-refractivity contribution in [3.05, 3.63) is 53.0 Å². The van der Waals surface area contributed by atoms with E-state index in [1.54, 1.807) is 4.90 Å². The van der Waals surface area contributed by atoms with Gasteiger partial charge in [-0.25, -0.2) is 9.37 Å². The number of sulfonamides is 1. The van der Waals surface area contributed by atoms with Crippen LogP contribution in [0.4, 0.5) is 42.2 Å². The largest absolute Gasteiger partial charge is 0.516 e. The van der Waals surface area contributed by atoms with Gasteiger partial charge in [0.1, 0.15) is 17.3 Å². The van der Waals surface area contributed by atoms with Crippen molar-refractivity contribution in [2.45, 2.75) is 50.8 Å². The number of alkyl halides is 6. The van der Waals surface area contributed by atoms with Crippen LogP contribution in [0.15, 0.2) is 30.3 Å². The van der Waals surface area contributed by atoms with Crippen molar-refractivity contribution in [3.63, 3.8) is 0 Å². The molecule has 2 aromatic rings. The van der Waals surface area contributed by atoms with Crippen LogP contribution in [0.1, 0.15) is 49.4 Å². The highest BCUT2D eigenvalue weighted by molar-refractivity contribution is 7.93. The highest BCUT2D eigenvalue weighted by atomic mass is 32.2. The summed E-state index contributed by atoms with van der Waals surface area (Å²) in [5.74, 6) is -2.49. The summed E-state index contributed by atoms with van der Waals surface area (Å²) in [4.78, 5) is 18.3. The van der Waals surface area contributed by atoms with E-state index in [9.17, 15) is 43.9 Å². The summed E-state index contributed by atoms with van der Waals surface area (Å²) in [5.41, 5.74) is -7.28. The second kappa shape index (κ2) is 10.9. The first kappa shape index (κ1) is 29.5. The molecule has 1 aromatic heterocycles. The van der Waals surface area contributed by atoms with Crippen LogP contribution in [0.5, 0.6) is 0 Å². The van der Waals surface area contributed by atoms with Gasteiger partial charge in [0.25, 0.3) is 0 Å². The molecule has 0 saturated carbocycles. The van der Waals surface area contributed by atoms with E-state index in [1.807, 2.05) is 6.92 Å². The number of carbonyl (C=O) groups excluding carboxylic acids is 1. The monoisotopic (exact) mass is 570 g/mol. The summed E-state index contributed by atoms with van der Waals surface area (Å²) < 4.78 is 115. The van der Waals surface area contributed by atoms with Crippen LogP contribution in [0, 0.1) is 11.7 Å². The maximum absolute atomic E-state index is 14.3. The third kappa shape index (κ3) is 6.85. The summed E-state index contributed by atoms with van der Waals surface area (Å²) in [5, 5.41) is 2.57. The van der Waals surface area contributed by atoms with E-state index in [-0.39, 0.29) is 17.9 Å². The second-order valence-electron chi connectivity index (χ2n) is 9.08. The number of nitrogens with zero attached hydrogens (tertiary/aromatic N) is 2. The SMILES string of the molecule is CC1CCN(c2nc(C(F)(F)F)ccc2CNC(=O)C(C)c2ccc(NS(=O)(=O)C(F)(F)F)c(F)c2)CC1. The lowest BCUT2D eigenvalue weighted by Crippen LogP contribution is -2.35. The minimum atomic E-state index is -5.84. The first-order chi connectivity index (χ1) is 17.5. The van der Waals surface area contributed by atoms with Gasteiger partial charge in [0.05, 0.1) is 11.6 Å². The number of anilines is 2. The number of amides is 1. The fraction of sp³-hybridized carbons (Fsp3) is 0.478. The highest BCUT2D eigenvalue weighted by Crippen LogP contribution is 2.32. The Kier molecular flexibility index (Phi) is 8.48. The van der Waals surface area contributed by atoms with Gasteiger partial charge in [-0.1, -0.05) is 19.1 Å². The van der Waals surface area contributed by atoms with E-state index in [0.717, 1.165) is 41.8 Å². The number of halogens is 7. The van der Waals surface area contributed by atoms with E-state index in [2.05, 4.69) is 10.3 Å². The number of hydrogen-bond donors (Lipinski definition) is 2. The zero-order valence-corrected chi connectivity index (χ0v) is 21.1. The number of hydrogen-bond acceptors (Lipinski definition) is 5. The molecular formula is C23H25F7N4O3S. The third-order valence-corrected chi connectivity index (χ3v) is 7.32. The molecule has 3 rings (SSSR count). The van der Waals surface area contributed by atoms with E-state index in [4.69, 9.17) is 0 Å². The molecule has 38 heavy (non-hydrogen) atoms. The fourth-order valence-corrected chi connectivity index (χ4v) is 4.41. The van der Waals surface area contributed by atoms with Crippen molar-refractivity contribution >= 4 is 27.4 Å². The molecule has 2 N–H and O–H groups in total. The number of benzene rings is 1. The molecule has 0 radical (unpaired) electrons. The van der Waals surface area contributed by atoms with Gasteiger partial charge in [-0.15, -0.1) is 0 Å². The van der Waals surface area contributed by atoms with Gasteiger partial charge in [0, 0.05) is 25.2 Å². The van der Waals surface area contributed by atoms with Crippen LogP contribution in [-0.2, 0) is 27.5 Å². The van der Waals surface area contributed by atoms with Crippen LogP contribution >= 0.6 is 0 Å². The van der Waals surface area contributed by atoms with Gasteiger partial charge in [-0.2, -0.15) is 34.8 Å². The Balaban J connectivity index is 1.75. The van der Waals surface area contributed by atoms with Crippen LogP contribution in [-0.4, -0.2) is 37.9 Å². The van der Waals surface area contributed by atoms with Crippen molar-refractivity contribution in [2.75, 3.05) is 22.7 Å². The molecule has 0 spiro atoms. The summed E-state index contributed by atoms with van der Waals surface area (Å²) in [6, 6.07) is 4.61. The minimum absolute atomic E-state index is 0.0331. The van der Waals surface area contributed by atoms with Crippen LogP contribution < -0.4 is 14.9 Å². The van der Waals surface area contributed by atoms with Crippen molar-refractivity contribution in [1.29, 1.82) is 0 Å². The average Bonchev–Trinajstić information content (AvgIpc) is 2.82. The Labute approximate surface area is 214 Å². The zero-order valence-electron chi connectivity index (χ0n) is 20.3.